The number of carbonyl (C=O) groups is 2. The lowest BCUT2D eigenvalue weighted by Gasteiger charge is -2.31. The Morgan fingerprint density at radius 3 is 2.54 bits per heavy atom. The molecule has 0 spiro atoms. The molecule has 1 N–H and O–H groups in total. The molecule has 0 bridgehead atoms. The molecule has 1 aliphatic heterocycles. The maximum atomic E-state index is 12.5. The van der Waals surface area contributed by atoms with Gasteiger partial charge in [0.2, 0.25) is 11.8 Å². The number of rotatable bonds is 6. The molecule has 28 heavy (non-hydrogen) atoms. The molecular formula is C21H24ClN3O2S. The van der Waals surface area contributed by atoms with Gasteiger partial charge in [-0.25, -0.2) is 4.98 Å². The van der Waals surface area contributed by atoms with Crippen LogP contribution in [-0.4, -0.2) is 34.8 Å². The van der Waals surface area contributed by atoms with Crippen molar-refractivity contribution in [2.24, 2.45) is 5.92 Å². The number of nitrogens with zero attached hydrogens (tertiary/aromatic N) is 2. The summed E-state index contributed by atoms with van der Waals surface area (Å²) in [6.45, 7) is 2.05. The van der Waals surface area contributed by atoms with Crippen molar-refractivity contribution in [3.05, 3.63) is 50.9 Å². The first-order valence-electron chi connectivity index (χ1n) is 9.82. The molecule has 0 atom stereocenters. The van der Waals surface area contributed by atoms with Gasteiger partial charge >= 0.3 is 0 Å². The van der Waals surface area contributed by atoms with Gasteiger partial charge in [-0.2, -0.15) is 0 Å². The lowest BCUT2D eigenvalue weighted by molar-refractivity contribution is -0.131. The van der Waals surface area contributed by atoms with Gasteiger partial charge in [0.1, 0.15) is 0 Å². The molecule has 1 saturated heterocycles. The van der Waals surface area contributed by atoms with Crippen molar-refractivity contribution < 1.29 is 9.59 Å². The van der Waals surface area contributed by atoms with E-state index in [0.29, 0.717) is 23.9 Å². The number of halogens is 1. The molecule has 1 aliphatic carbocycles. The normalized spacial score (nSPS) is 17.5. The quantitative estimate of drug-likeness (QED) is 0.778. The van der Waals surface area contributed by atoms with Crippen LogP contribution >= 0.6 is 22.9 Å². The molecule has 2 aromatic rings. The molecule has 7 heteroatoms. The Morgan fingerprint density at radius 1 is 1.14 bits per heavy atom. The number of thiazole rings is 1. The second-order valence-corrected chi connectivity index (χ2v) is 8.95. The third-order valence-electron chi connectivity index (χ3n) is 5.43. The Labute approximate surface area is 174 Å². The van der Waals surface area contributed by atoms with Crippen molar-refractivity contribution in [3.63, 3.8) is 0 Å². The Morgan fingerprint density at radius 2 is 1.86 bits per heavy atom. The maximum Gasteiger partial charge on any atom is 0.226 e. The number of hydrogen-bond acceptors (Lipinski definition) is 4. The summed E-state index contributed by atoms with van der Waals surface area (Å²) in [6.07, 6.45) is 4.33. The molecule has 1 aromatic carbocycles. The summed E-state index contributed by atoms with van der Waals surface area (Å²) >= 11 is 7.57. The third-order valence-corrected chi connectivity index (χ3v) is 6.73. The standard InChI is InChI=1S/C21H24ClN3O2S/c22-17-5-1-14(2-6-17)11-19(26)25-9-7-16(8-10-25)21-24-18(13-28-21)12-23-20(27)15-3-4-15/h1-2,5-6,13,15-16H,3-4,7-12H2,(H,23,27). The van der Waals surface area contributed by atoms with Crippen LogP contribution in [0.3, 0.4) is 0 Å². The highest BCUT2D eigenvalue weighted by molar-refractivity contribution is 7.09. The van der Waals surface area contributed by atoms with Gasteiger partial charge in [0, 0.05) is 35.3 Å². The Hall–Kier alpha value is -1.92. The van der Waals surface area contributed by atoms with Crippen LogP contribution in [0.4, 0.5) is 0 Å². The average Bonchev–Trinajstić information content (AvgIpc) is 3.46. The zero-order valence-electron chi connectivity index (χ0n) is 15.7. The predicted molar refractivity (Wildman–Crippen MR) is 110 cm³/mol. The monoisotopic (exact) mass is 417 g/mol. The van der Waals surface area contributed by atoms with Crippen molar-refractivity contribution in [2.75, 3.05) is 13.1 Å². The van der Waals surface area contributed by atoms with E-state index >= 15 is 0 Å². The van der Waals surface area contributed by atoms with Crippen LogP contribution in [0.15, 0.2) is 29.6 Å². The largest absolute Gasteiger partial charge is 0.350 e. The van der Waals surface area contributed by atoms with E-state index < -0.39 is 0 Å². The van der Waals surface area contributed by atoms with Crippen LogP contribution in [0, 0.1) is 5.92 Å². The van der Waals surface area contributed by atoms with Gasteiger partial charge in [-0.3, -0.25) is 9.59 Å². The number of amides is 2. The van der Waals surface area contributed by atoms with Gasteiger partial charge in [-0.15, -0.1) is 11.3 Å². The van der Waals surface area contributed by atoms with Crippen molar-refractivity contribution in [1.82, 2.24) is 15.2 Å². The Kier molecular flexibility index (Phi) is 5.97. The first kappa shape index (κ1) is 19.4. The number of carbonyl (C=O) groups excluding carboxylic acids is 2. The van der Waals surface area contributed by atoms with Gasteiger partial charge in [-0.1, -0.05) is 23.7 Å². The van der Waals surface area contributed by atoms with E-state index in [1.807, 2.05) is 34.5 Å². The summed E-state index contributed by atoms with van der Waals surface area (Å²) in [7, 11) is 0. The summed E-state index contributed by atoms with van der Waals surface area (Å²) in [5, 5.41) is 6.82. The smallest absolute Gasteiger partial charge is 0.226 e. The van der Waals surface area contributed by atoms with Crippen LogP contribution in [0.25, 0.3) is 0 Å². The highest BCUT2D eigenvalue weighted by Crippen LogP contribution is 2.31. The van der Waals surface area contributed by atoms with E-state index in [9.17, 15) is 9.59 Å². The number of nitrogens with one attached hydrogen (secondary N) is 1. The van der Waals surface area contributed by atoms with E-state index in [4.69, 9.17) is 16.6 Å². The van der Waals surface area contributed by atoms with Crippen LogP contribution in [0.5, 0.6) is 0 Å². The van der Waals surface area contributed by atoms with Gasteiger partial charge in [0.15, 0.2) is 0 Å². The van der Waals surface area contributed by atoms with Crippen molar-refractivity contribution >= 4 is 34.8 Å². The molecule has 1 saturated carbocycles. The van der Waals surface area contributed by atoms with Crippen LogP contribution < -0.4 is 5.32 Å². The Balaban J connectivity index is 1.25. The summed E-state index contributed by atoms with van der Waals surface area (Å²) in [5.41, 5.74) is 1.93. The SMILES string of the molecule is O=C(NCc1csc(C2CCN(C(=O)Cc3ccc(Cl)cc3)CC2)n1)C1CC1. The minimum Gasteiger partial charge on any atom is -0.350 e. The number of aromatic nitrogens is 1. The molecule has 2 amide bonds. The number of likely N-dealkylation sites (tertiary alicyclic amines) is 1. The fourth-order valence-corrected chi connectivity index (χ4v) is 4.64. The molecule has 2 heterocycles. The molecule has 1 aromatic heterocycles. The second-order valence-electron chi connectivity index (χ2n) is 7.63. The second kappa shape index (κ2) is 8.62. The predicted octanol–water partition coefficient (Wildman–Crippen LogP) is 3.77. The van der Waals surface area contributed by atoms with E-state index in [1.165, 1.54) is 0 Å². The molecule has 4 rings (SSSR count). The van der Waals surface area contributed by atoms with Crippen LogP contribution in [0.1, 0.15) is 47.9 Å². The van der Waals surface area contributed by atoms with Gasteiger partial charge in [-0.05, 0) is 43.4 Å². The summed E-state index contributed by atoms with van der Waals surface area (Å²) in [4.78, 5) is 31.0. The van der Waals surface area contributed by atoms with Gasteiger partial charge in [0.05, 0.1) is 23.7 Å². The fraction of sp³-hybridized carbons (Fsp3) is 0.476. The van der Waals surface area contributed by atoms with E-state index in [0.717, 1.165) is 55.0 Å². The van der Waals surface area contributed by atoms with Crippen LogP contribution in [0.2, 0.25) is 5.02 Å². The summed E-state index contributed by atoms with van der Waals surface area (Å²) in [5.74, 6) is 0.954. The molecule has 2 fully saturated rings. The average molecular weight is 418 g/mol. The van der Waals surface area contributed by atoms with E-state index in [1.54, 1.807) is 11.3 Å². The third kappa shape index (κ3) is 4.92. The van der Waals surface area contributed by atoms with Crippen LogP contribution in [-0.2, 0) is 22.6 Å². The van der Waals surface area contributed by atoms with E-state index in [2.05, 4.69) is 5.32 Å². The molecular weight excluding hydrogens is 394 g/mol. The van der Waals surface area contributed by atoms with Crippen molar-refractivity contribution in [2.45, 2.75) is 44.6 Å². The zero-order chi connectivity index (χ0) is 19.5. The topological polar surface area (TPSA) is 62.3 Å². The van der Waals surface area contributed by atoms with Crippen molar-refractivity contribution in [3.8, 4) is 0 Å². The number of hydrogen-bond donors (Lipinski definition) is 1. The van der Waals surface area contributed by atoms with Crippen molar-refractivity contribution in [1.29, 1.82) is 0 Å². The molecule has 5 nitrogen and oxygen atoms in total. The minimum absolute atomic E-state index is 0.155. The number of piperidine rings is 1. The Bertz CT molecular complexity index is 840. The first-order valence-corrected chi connectivity index (χ1v) is 11.1. The molecule has 0 unspecified atom stereocenters. The zero-order valence-corrected chi connectivity index (χ0v) is 17.3. The highest BCUT2D eigenvalue weighted by Gasteiger charge is 2.29. The van der Waals surface area contributed by atoms with Gasteiger partial charge < -0.3 is 10.2 Å². The van der Waals surface area contributed by atoms with E-state index in [-0.39, 0.29) is 17.7 Å². The summed E-state index contributed by atoms with van der Waals surface area (Å²) in [6, 6.07) is 7.46. The number of benzene rings is 1. The summed E-state index contributed by atoms with van der Waals surface area (Å²) < 4.78 is 0. The maximum absolute atomic E-state index is 12.5. The minimum atomic E-state index is 0.155. The highest BCUT2D eigenvalue weighted by atomic mass is 35.5. The first-order chi connectivity index (χ1) is 13.6. The fourth-order valence-electron chi connectivity index (χ4n) is 3.52. The molecule has 2 aliphatic rings. The molecule has 0 radical (unpaired) electrons. The molecule has 148 valence electrons. The lowest BCUT2D eigenvalue weighted by atomic mass is 9.97. The van der Waals surface area contributed by atoms with Gasteiger partial charge in [0.25, 0.3) is 0 Å². The lowest BCUT2D eigenvalue weighted by Crippen LogP contribution is -2.38.